The zero-order chi connectivity index (χ0) is 13.7. The maximum Gasteiger partial charge on any atom is 0.310 e. The summed E-state index contributed by atoms with van der Waals surface area (Å²) in [5.74, 6) is -0.349. The minimum atomic E-state index is -0.935. The van der Waals surface area contributed by atoms with Gasteiger partial charge in [0.05, 0.1) is 12.2 Å². The number of carbonyl (C=O) groups is 1. The molecule has 2 N–H and O–H groups in total. The van der Waals surface area contributed by atoms with Crippen molar-refractivity contribution in [2.75, 3.05) is 6.61 Å². The highest BCUT2D eigenvalue weighted by Gasteiger charge is 2.20. The largest absolute Gasteiger partial charge is 0.508 e. The van der Waals surface area contributed by atoms with Crippen molar-refractivity contribution in [1.29, 1.82) is 0 Å². The van der Waals surface area contributed by atoms with Gasteiger partial charge in [-0.05, 0) is 36.4 Å². The number of benzene rings is 1. The Morgan fingerprint density at radius 3 is 2.58 bits per heavy atom. The Morgan fingerprint density at radius 1 is 1.26 bits per heavy atom. The van der Waals surface area contributed by atoms with Gasteiger partial charge in [-0.15, -0.1) is 0 Å². The lowest BCUT2D eigenvalue weighted by molar-refractivity contribution is -0.142. The predicted octanol–water partition coefficient (Wildman–Crippen LogP) is 2.31. The van der Waals surface area contributed by atoms with E-state index in [1.165, 1.54) is 18.4 Å². The van der Waals surface area contributed by atoms with E-state index in [1.807, 2.05) is 0 Å². The van der Waals surface area contributed by atoms with Crippen LogP contribution in [0, 0.1) is 5.92 Å². The number of carboxylic acids is 1. The van der Waals surface area contributed by atoms with Crippen LogP contribution < -0.4 is 4.74 Å². The first-order valence-corrected chi connectivity index (χ1v) is 5.82. The van der Waals surface area contributed by atoms with Crippen molar-refractivity contribution in [3.8, 4) is 11.5 Å². The zero-order valence-corrected chi connectivity index (χ0v) is 10.2. The van der Waals surface area contributed by atoms with Crippen LogP contribution in [0.5, 0.6) is 11.5 Å². The molecule has 5 nitrogen and oxygen atoms in total. The van der Waals surface area contributed by atoms with E-state index in [9.17, 15) is 4.79 Å². The van der Waals surface area contributed by atoms with Gasteiger partial charge in [0.1, 0.15) is 23.9 Å². The van der Waals surface area contributed by atoms with Crippen molar-refractivity contribution in [2.24, 2.45) is 5.92 Å². The second-order valence-corrected chi connectivity index (χ2v) is 4.12. The third-order valence-corrected chi connectivity index (χ3v) is 2.66. The van der Waals surface area contributed by atoms with E-state index < -0.39 is 11.9 Å². The van der Waals surface area contributed by atoms with Crippen molar-refractivity contribution in [2.45, 2.75) is 6.42 Å². The lowest BCUT2D eigenvalue weighted by Crippen LogP contribution is -2.23. The summed E-state index contributed by atoms with van der Waals surface area (Å²) in [6, 6.07) is 9.59. The molecule has 0 aliphatic carbocycles. The molecule has 0 amide bonds. The van der Waals surface area contributed by atoms with Gasteiger partial charge in [-0.2, -0.15) is 0 Å². The fourth-order valence-electron chi connectivity index (χ4n) is 1.63. The number of hydrogen-bond donors (Lipinski definition) is 2. The molecule has 2 rings (SSSR count). The summed E-state index contributed by atoms with van der Waals surface area (Å²) in [6.07, 6.45) is 1.79. The number of aromatic hydroxyl groups is 1. The van der Waals surface area contributed by atoms with Gasteiger partial charge in [0, 0.05) is 6.42 Å². The molecule has 0 radical (unpaired) electrons. The van der Waals surface area contributed by atoms with E-state index in [0.29, 0.717) is 11.5 Å². The highest BCUT2D eigenvalue weighted by Crippen LogP contribution is 2.18. The SMILES string of the molecule is O=C(O)C(COc1ccc(O)cc1)Cc1ccco1. The minimum absolute atomic E-state index is 0.0425. The van der Waals surface area contributed by atoms with Crippen LogP contribution >= 0.6 is 0 Å². The molecule has 5 heteroatoms. The van der Waals surface area contributed by atoms with Crippen LogP contribution in [0.2, 0.25) is 0 Å². The fraction of sp³-hybridized carbons (Fsp3) is 0.214. The van der Waals surface area contributed by atoms with E-state index >= 15 is 0 Å². The Kier molecular flexibility index (Phi) is 4.07. The van der Waals surface area contributed by atoms with Gasteiger partial charge < -0.3 is 19.4 Å². The molecular formula is C14H14O5. The molecule has 0 spiro atoms. The number of aliphatic carboxylic acids is 1. The molecule has 1 aromatic carbocycles. The molecule has 0 saturated heterocycles. The summed E-state index contributed by atoms with van der Waals surface area (Å²) in [5.41, 5.74) is 0. The van der Waals surface area contributed by atoms with Crippen molar-refractivity contribution in [3.63, 3.8) is 0 Å². The average Bonchev–Trinajstić information content (AvgIpc) is 2.89. The van der Waals surface area contributed by atoms with Gasteiger partial charge in [-0.1, -0.05) is 0 Å². The van der Waals surface area contributed by atoms with Crippen molar-refractivity contribution >= 4 is 5.97 Å². The van der Waals surface area contributed by atoms with Crippen LogP contribution in [0.4, 0.5) is 0 Å². The molecule has 19 heavy (non-hydrogen) atoms. The highest BCUT2D eigenvalue weighted by molar-refractivity contribution is 5.70. The van der Waals surface area contributed by atoms with Crippen molar-refractivity contribution in [1.82, 2.24) is 0 Å². The summed E-state index contributed by atoms with van der Waals surface area (Å²) < 4.78 is 10.5. The number of furan rings is 1. The number of phenols is 1. The molecule has 0 saturated carbocycles. The number of ether oxygens (including phenoxy) is 1. The van der Waals surface area contributed by atoms with Crippen LogP contribution in [0.1, 0.15) is 5.76 Å². The summed E-state index contributed by atoms with van der Waals surface area (Å²) in [7, 11) is 0. The van der Waals surface area contributed by atoms with Crippen LogP contribution in [0.25, 0.3) is 0 Å². The maximum atomic E-state index is 11.1. The Bertz CT molecular complexity index is 515. The van der Waals surface area contributed by atoms with E-state index in [-0.39, 0.29) is 18.8 Å². The van der Waals surface area contributed by atoms with Gasteiger partial charge in [-0.25, -0.2) is 0 Å². The van der Waals surface area contributed by atoms with Gasteiger partial charge >= 0.3 is 5.97 Å². The summed E-state index contributed by atoms with van der Waals surface area (Å²) in [5, 5.41) is 18.3. The normalized spacial score (nSPS) is 12.0. The first kappa shape index (κ1) is 13.0. The van der Waals surface area contributed by atoms with E-state index in [2.05, 4.69) is 0 Å². The fourth-order valence-corrected chi connectivity index (χ4v) is 1.63. The van der Waals surface area contributed by atoms with Crippen LogP contribution in [-0.4, -0.2) is 22.8 Å². The standard InChI is InChI=1S/C14H14O5/c15-11-3-5-12(6-4-11)19-9-10(14(16)17)8-13-2-1-7-18-13/h1-7,10,15H,8-9H2,(H,16,17). The molecular weight excluding hydrogens is 248 g/mol. The number of carboxylic acid groups (broad SMARTS) is 1. The smallest absolute Gasteiger partial charge is 0.310 e. The molecule has 0 fully saturated rings. The van der Waals surface area contributed by atoms with Crippen LogP contribution in [0.15, 0.2) is 47.1 Å². The second-order valence-electron chi connectivity index (χ2n) is 4.12. The first-order chi connectivity index (χ1) is 9.15. The van der Waals surface area contributed by atoms with Crippen molar-refractivity contribution in [3.05, 3.63) is 48.4 Å². The molecule has 1 unspecified atom stereocenters. The Balaban J connectivity index is 1.93. The van der Waals surface area contributed by atoms with E-state index in [0.717, 1.165) is 0 Å². The topological polar surface area (TPSA) is 79.9 Å². The summed E-state index contributed by atoms with van der Waals surface area (Å²) in [4.78, 5) is 11.1. The van der Waals surface area contributed by atoms with E-state index in [1.54, 1.807) is 24.3 Å². The lowest BCUT2D eigenvalue weighted by Gasteiger charge is -2.12. The van der Waals surface area contributed by atoms with Crippen molar-refractivity contribution < 1.29 is 24.2 Å². The van der Waals surface area contributed by atoms with Gasteiger partial charge in [0.2, 0.25) is 0 Å². The second kappa shape index (κ2) is 5.95. The molecule has 0 bridgehead atoms. The molecule has 100 valence electrons. The Hall–Kier alpha value is -2.43. The van der Waals surface area contributed by atoms with Crippen LogP contribution in [0.3, 0.4) is 0 Å². The average molecular weight is 262 g/mol. The molecule has 0 aliphatic rings. The lowest BCUT2D eigenvalue weighted by atomic mass is 10.1. The predicted molar refractivity (Wildman–Crippen MR) is 67.1 cm³/mol. The van der Waals surface area contributed by atoms with Gasteiger partial charge in [0.15, 0.2) is 0 Å². The van der Waals surface area contributed by atoms with Gasteiger partial charge in [0.25, 0.3) is 0 Å². The quantitative estimate of drug-likeness (QED) is 0.835. The number of rotatable bonds is 6. The third kappa shape index (κ3) is 3.77. The monoisotopic (exact) mass is 262 g/mol. The molecule has 1 heterocycles. The Labute approximate surface area is 110 Å². The minimum Gasteiger partial charge on any atom is -0.508 e. The third-order valence-electron chi connectivity index (χ3n) is 2.66. The number of hydrogen-bond acceptors (Lipinski definition) is 4. The zero-order valence-electron chi connectivity index (χ0n) is 10.2. The van der Waals surface area contributed by atoms with Crippen LogP contribution in [-0.2, 0) is 11.2 Å². The summed E-state index contributed by atoms with van der Waals surface area (Å²) >= 11 is 0. The molecule has 1 aromatic heterocycles. The molecule has 1 atom stereocenters. The highest BCUT2D eigenvalue weighted by atomic mass is 16.5. The number of phenolic OH excluding ortho intramolecular Hbond substituents is 1. The van der Waals surface area contributed by atoms with E-state index in [4.69, 9.17) is 19.4 Å². The maximum absolute atomic E-state index is 11.1. The molecule has 0 aliphatic heterocycles. The van der Waals surface area contributed by atoms with Gasteiger partial charge in [-0.3, -0.25) is 4.79 Å². The summed E-state index contributed by atoms with van der Waals surface area (Å²) in [6.45, 7) is 0.0425. The molecule has 2 aromatic rings. The first-order valence-electron chi connectivity index (χ1n) is 5.82. The Morgan fingerprint density at radius 2 is 2.00 bits per heavy atom.